The molecule has 1 aliphatic rings. The van der Waals surface area contributed by atoms with E-state index in [-0.39, 0.29) is 10.6 Å². The zero-order valence-electron chi connectivity index (χ0n) is 12.9. The molecule has 21 heavy (non-hydrogen) atoms. The molecule has 1 heterocycles. The third-order valence-corrected chi connectivity index (χ3v) is 4.21. The van der Waals surface area contributed by atoms with Crippen LogP contribution in [0.2, 0.25) is 0 Å². The largest absolute Gasteiger partial charge is 0.317 e. The van der Waals surface area contributed by atoms with E-state index in [1.54, 1.807) is 12.1 Å². The quantitative estimate of drug-likeness (QED) is 0.647. The lowest BCUT2D eigenvalue weighted by Gasteiger charge is -2.32. The van der Waals surface area contributed by atoms with Gasteiger partial charge in [-0.3, -0.25) is 15.0 Å². The first-order valence-corrected chi connectivity index (χ1v) is 7.74. The summed E-state index contributed by atoms with van der Waals surface area (Å²) in [5.41, 5.74) is 1.30. The zero-order valence-corrected chi connectivity index (χ0v) is 12.9. The fourth-order valence-corrected chi connectivity index (χ4v) is 2.81. The van der Waals surface area contributed by atoms with Gasteiger partial charge in [0.25, 0.3) is 5.69 Å². The van der Waals surface area contributed by atoms with Gasteiger partial charge in [-0.25, -0.2) is 0 Å². The number of non-ortho nitro benzene ring substituents is 1. The number of rotatable bonds is 6. The Kier molecular flexibility index (Phi) is 5.70. The van der Waals surface area contributed by atoms with Crippen molar-refractivity contribution in [2.75, 3.05) is 19.6 Å². The number of nitrogens with one attached hydrogen (secondary N) is 1. The SMILES string of the molecule is CC(C)N(Cc1ccc([N+](=O)[O-])cc1)CC1CCNCC1. The van der Waals surface area contributed by atoms with Crippen LogP contribution in [0.5, 0.6) is 0 Å². The van der Waals surface area contributed by atoms with E-state index in [9.17, 15) is 10.1 Å². The van der Waals surface area contributed by atoms with Crippen molar-refractivity contribution in [1.82, 2.24) is 10.2 Å². The van der Waals surface area contributed by atoms with Crippen LogP contribution in [-0.2, 0) is 6.54 Å². The number of nitrogens with zero attached hydrogens (tertiary/aromatic N) is 2. The summed E-state index contributed by atoms with van der Waals surface area (Å²) in [6.07, 6.45) is 2.48. The Hall–Kier alpha value is -1.46. The fraction of sp³-hybridized carbons (Fsp3) is 0.625. The molecule has 0 spiro atoms. The molecule has 0 aliphatic carbocycles. The second kappa shape index (κ2) is 7.52. The van der Waals surface area contributed by atoms with Crippen LogP contribution in [0.1, 0.15) is 32.3 Å². The van der Waals surface area contributed by atoms with E-state index >= 15 is 0 Å². The summed E-state index contributed by atoms with van der Waals surface area (Å²) in [6.45, 7) is 8.64. The van der Waals surface area contributed by atoms with Crippen LogP contribution in [0, 0.1) is 16.0 Å². The average molecular weight is 291 g/mol. The van der Waals surface area contributed by atoms with Gasteiger partial charge in [-0.05, 0) is 51.3 Å². The minimum Gasteiger partial charge on any atom is -0.317 e. The third-order valence-electron chi connectivity index (χ3n) is 4.21. The summed E-state index contributed by atoms with van der Waals surface area (Å²) in [7, 11) is 0. The molecule has 0 aromatic heterocycles. The Bertz CT molecular complexity index is 453. The molecule has 0 radical (unpaired) electrons. The van der Waals surface area contributed by atoms with Crippen molar-refractivity contribution >= 4 is 5.69 Å². The van der Waals surface area contributed by atoms with Crippen molar-refractivity contribution in [3.8, 4) is 0 Å². The molecular formula is C16H25N3O2. The highest BCUT2D eigenvalue weighted by molar-refractivity contribution is 5.32. The average Bonchev–Trinajstić information content (AvgIpc) is 2.48. The van der Waals surface area contributed by atoms with Crippen LogP contribution >= 0.6 is 0 Å². The van der Waals surface area contributed by atoms with Crippen molar-refractivity contribution < 1.29 is 4.92 Å². The topological polar surface area (TPSA) is 58.4 Å². The minimum absolute atomic E-state index is 0.160. The zero-order chi connectivity index (χ0) is 15.2. The number of nitro groups is 1. The highest BCUT2D eigenvalue weighted by atomic mass is 16.6. The lowest BCUT2D eigenvalue weighted by Crippen LogP contribution is -2.39. The van der Waals surface area contributed by atoms with Crippen LogP contribution < -0.4 is 5.32 Å². The number of hydrogen-bond donors (Lipinski definition) is 1. The van der Waals surface area contributed by atoms with Crippen LogP contribution in [-0.4, -0.2) is 35.5 Å². The summed E-state index contributed by atoms with van der Waals surface area (Å²) >= 11 is 0. The van der Waals surface area contributed by atoms with Crippen molar-refractivity contribution in [1.29, 1.82) is 0 Å². The molecule has 5 heteroatoms. The molecule has 0 atom stereocenters. The van der Waals surface area contributed by atoms with Gasteiger partial charge in [-0.2, -0.15) is 0 Å². The highest BCUT2D eigenvalue weighted by Crippen LogP contribution is 2.19. The number of hydrogen-bond acceptors (Lipinski definition) is 4. The summed E-state index contributed by atoms with van der Waals surface area (Å²) in [5.74, 6) is 0.756. The molecule has 0 amide bonds. The Morgan fingerprint density at radius 3 is 2.43 bits per heavy atom. The maximum Gasteiger partial charge on any atom is 0.269 e. The first kappa shape index (κ1) is 15.9. The fourth-order valence-electron chi connectivity index (χ4n) is 2.81. The van der Waals surface area contributed by atoms with Gasteiger partial charge in [0.15, 0.2) is 0 Å². The summed E-state index contributed by atoms with van der Waals surface area (Å²) in [5, 5.41) is 14.1. The molecule has 1 aliphatic heterocycles. The third kappa shape index (κ3) is 4.79. The van der Waals surface area contributed by atoms with Crippen LogP contribution in [0.25, 0.3) is 0 Å². The molecule has 5 nitrogen and oxygen atoms in total. The molecule has 2 rings (SSSR count). The smallest absolute Gasteiger partial charge is 0.269 e. The van der Waals surface area contributed by atoms with E-state index in [0.29, 0.717) is 6.04 Å². The first-order valence-electron chi connectivity index (χ1n) is 7.74. The number of nitro benzene ring substituents is 1. The van der Waals surface area contributed by atoms with Gasteiger partial charge in [0.05, 0.1) is 4.92 Å². The number of piperidine rings is 1. The van der Waals surface area contributed by atoms with E-state index < -0.39 is 0 Å². The van der Waals surface area contributed by atoms with E-state index in [2.05, 4.69) is 24.1 Å². The summed E-state index contributed by atoms with van der Waals surface area (Å²) < 4.78 is 0. The van der Waals surface area contributed by atoms with Gasteiger partial charge in [0, 0.05) is 31.3 Å². The Labute approximate surface area is 126 Å². The molecule has 0 unspecified atom stereocenters. The van der Waals surface area contributed by atoms with Crippen molar-refractivity contribution in [2.24, 2.45) is 5.92 Å². The molecule has 116 valence electrons. The van der Waals surface area contributed by atoms with E-state index in [4.69, 9.17) is 0 Å². The normalized spacial score (nSPS) is 16.6. The second-order valence-electron chi connectivity index (χ2n) is 6.14. The molecule has 0 bridgehead atoms. The minimum atomic E-state index is -0.348. The van der Waals surface area contributed by atoms with E-state index in [0.717, 1.165) is 37.7 Å². The van der Waals surface area contributed by atoms with Gasteiger partial charge in [0.2, 0.25) is 0 Å². The van der Waals surface area contributed by atoms with E-state index in [1.165, 1.54) is 12.8 Å². The Morgan fingerprint density at radius 2 is 1.90 bits per heavy atom. The van der Waals surface area contributed by atoms with Crippen LogP contribution in [0.3, 0.4) is 0 Å². The maximum atomic E-state index is 10.7. The van der Waals surface area contributed by atoms with Crippen LogP contribution in [0.15, 0.2) is 24.3 Å². The van der Waals surface area contributed by atoms with Gasteiger partial charge >= 0.3 is 0 Å². The second-order valence-corrected chi connectivity index (χ2v) is 6.14. The van der Waals surface area contributed by atoms with Crippen LogP contribution in [0.4, 0.5) is 5.69 Å². The molecule has 1 aromatic rings. The summed E-state index contributed by atoms with van der Waals surface area (Å²) in [4.78, 5) is 12.8. The maximum absolute atomic E-state index is 10.7. The van der Waals surface area contributed by atoms with Gasteiger partial charge in [0.1, 0.15) is 0 Å². The van der Waals surface area contributed by atoms with Gasteiger partial charge < -0.3 is 5.32 Å². The Morgan fingerprint density at radius 1 is 1.29 bits per heavy atom. The van der Waals surface area contributed by atoms with Crippen molar-refractivity contribution in [3.63, 3.8) is 0 Å². The predicted molar refractivity (Wildman–Crippen MR) is 84.2 cm³/mol. The monoisotopic (exact) mass is 291 g/mol. The van der Waals surface area contributed by atoms with Crippen molar-refractivity contribution in [2.45, 2.75) is 39.3 Å². The molecular weight excluding hydrogens is 266 g/mol. The van der Waals surface area contributed by atoms with Gasteiger partial charge in [-0.15, -0.1) is 0 Å². The first-order chi connectivity index (χ1) is 10.1. The molecule has 1 fully saturated rings. The molecule has 1 saturated heterocycles. The molecule has 1 aromatic carbocycles. The lowest BCUT2D eigenvalue weighted by atomic mass is 9.96. The predicted octanol–water partition coefficient (Wildman–Crippen LogP) is 2.80. The molecule has 0 saturated carbocycles. The number of benzene rings is 1. The van der Waals surface area contributed by atoms with Crippen molar-refractivity contribution in [3.05, 3.63) is 39.9 Å². The molecule has 1 N–H and O–H groups in total. The highest BCUT2D eigenvalue weighted by Gasteiger charge is 2.19. The summed E-state index contributed by atoms with van der Waals surface area (Å²) in [6, 6.07) is 7.41. The standard InChI is InChI=1S/C16H25N3O2/c1-13(2)18(12-15-7-9-17-10-8-15)11-14-3-5-16(6-4-14)19(20)21/h3-6,13,15,17H,7-12H2,1-2H3. The Balaban J connectivity index is 1.96. The van der Waals surface area contributed by atoms with E-state index in [1.807, 2.05) is 12.1 Å². The van der Waals surface area contributed by atoms with Gasteiger partial charge in [-0.1, -0.05) is 12.1 Å². The lowest BCUT2D eigenvalue weighted by molar-refractivity contribution is -0.384.